The quantitative estimate of drug-likeness (QED) is 0.824. The Morgan fingerprint density at radius 1 is 1.24 bits per heavy atom. The Hall–Kier alpha value is -1.09. The molecule has 0 aromatic carbocycles. The molecule has 0 fully saturated rings. The number of pyridine rings is 1. The van der Waals surface area contributed by atoms with Gasteiger partial charge in [0, 0.05) is 31.2 Å². The lowest BCUT2D eigenvalue weighted by Gasteiger charge is -2.25. The topological polar surface area (TPSA) is 28.2 Å². The summed E-state index contributed by atoms with van der Waals surface area (Å²) in [4.78, 5) is 7.17. The lowest BCUT2D eigenvalue weighted by atomic mass is 9.90. The minimum absolute atomic E-state index is 0.0792. The van der Waals surface area contributed by atoms with Gasteiger partial charge in [0.25, 0.3) is 0 Å². The molecule has 0 aliphatic heterocycles. The highest BCUT2D eigenvalue weighted by molar-refractivity contribution is 5.43. The summed E-state index contributed by atoms with van der Waals surface area (Å²) in [5.74, 6) is 1.82. The largest absolute Gasteiger partial charge is 0.360 e. The summed E-state index contributed by atoms with van der Waals surface area (Å²) in [5, 5.41) is 3.41. The highest BCUT2D eigenvalue weighted by Crippen LogP contribution is 2.25. The van der Waals surface area contributed by atoms with Crippen LogP contribution >= 0.6 is 0 Å². The molecule has 0 radical (unpaired) electrons. The lowest BCUT2D eigenvalue weighted by molar-refractivity contribution is 0.561. The van der Waals surface area contributed by atoms with Crippen LogP contribution in [0.2, 0.25) is 0 Å². The van der Waals surface area contributed by atoms with Crippen molar-refractivity contribution < 1.29 is 0 Å². The predicted octanol–water partition coefficient (Wildman–Crippen LogP) is 3.97. The molecular weight excluding hydrogens is 258 g/mol. The normalized spacial score (nSPS) is 12.0. The van der Waals surface area contributed by atoms with Gasteiger partial charge in [0.15, 0.2) is 0 Å². The number of rotatable bonds is 7. The van der Waals surface area contributed by atoms with Crippen molar-refractivity contribution in [3.05, 3.63) is 23.4 Å². The van der Waals surface area contributed by atoms with Gasteiger partial charge in [-0.05, 0) is 36.6 Å². The van der Waals surface area contributed by atoms with Crippen molar-refractivity contribution in [3.8, 4) is 0 Å². The standard InChI is InChI=1S/C18H33N3/c1-8-19-13-15-11-16(18(4,5)6)20-17(12-15)21(7)10-9-14(2)3/h11-12,14,19H,8-10,13H2,1-7H3. The molecule has 1 heterocycles. The van der Waals surface area contributed by atoms with Crippen LogP contribution in [0.3, 0.4) is 0 Å². The van der Waals surface area contributed by atoms with Crippen LogP contribution in [0, 0.1) is 5.92 Å². The lowest BCUT2D eigenvalue weighted by Crippen LogP contribution is -2.24. The van der Waals surface area contributed by atoms with Crippen molar-refractivity contribution in [1.82, 2.24) is 10.3 Å². The Balaban J connectivity index is 3.00. The zero-order chi connectivity index (χ0) is 16.0. The summed E-state index contributed by atoms with van der Waals surface area (Å²) >= 11 is 0. The minimum atomic E-state index is 0.0792. The highest BCUT2D eigenvalue weighted by Gasteiger charge is 2.18. The fraction of sp³-hybridized carbons (Fsp3) is 0.722. The van der Waals surface area contributed by atoms with E-state index in [2.05, 4.69) is 70.9 Å². The molecule has 0 saturated carbocycles. The molecule has 0 aliphatic carbocycles. The average Bonchev–Trinajstić information content (AvgIpc) is 2.41. The fourth-order valence-electron chi connectivity index (χ4n) is 2.09. The molecule has 0 amide bonds. The minimum Gasteiger partial charge on any atom is -0.360 e. The van der Waals surface area contributed by atoms with Crippen LogP contribution < -0.4 is 10.2 Å². The van der Waals surface area contributed by atoms with Crippen LogP contribution in [0.25, 0.3) is 0 Å². The van der Waals surface area contributed by atoms with Crippen LogP contribution in [-0.2, 0) is 12.0 Å². The summed E-state index contributed by atoms with van der Waals surface area (Å²) in [7, 11) is 2.15. The van der Waals surface area contributed by atoms with Crippen molar-refractivity contribution in [2.75, 3.05) is 25.0 Å². The molecule has 120 valence electrons. The van der Waals surface area contributed by atoms with Crippen molar-refractivity contribution >= 4 is 5.82 Å². The van der Waals surface area contributed by atoms with E-state index in [1.54, 1.807) is 0 Å². The van der Waals surface area contributed by atoms with Crippen molar-refractivity contribution in [2.45, 2.75) is 59.9 Å². The van der Waals surface area contributed by atoms with E-state index >= 15 is 0 Å². The van der Waals surface area contributed by atoms with Crippen LogP contribution in [0.15, 0.2) is 12.1 Å². The number of nitrogens with zero attached hydrogens (tertiary/aromatic N) is 2. The maximum absolute atomic E-state index is 4.89. The number of aromatic nitrogens is 1. The first kappa shape index (κ1) is 18.0. The molecule has 0 unspecified atom stereocenters. The molecule has 1 N–H and O–H groups in total. The second-order valence-electron chi connectivity index (χ2n) is 7.35. The van der Waals surface area contributed by atoms with E-state index in [9.17, 15) is 0 Å². The number of nitrogens with one attached hydrogen (secondary N) is 1. The molecule has 0 spiro atoms. The summed E-state index contributed by atoms with van der Waals surface area (Å²) in [6.07, 6.45) is 1.19. The van der Waals surface area contributed by atoms with Gasteiger partial charge in [0.2, 0.25) is 0 Å². The van der Waals surface area contributed by atoms with Gasteiger partial charge in [-0.1, -0.05) is 41.5 Å². The van der Waals surface area contributed by atoms with Gasteiger partial charge in [-0.2, -0.15) is 0 Å². The van der Waals surface area contributed by atoms with Gasteiger partial charge in [0.05, 0.1) is 0 Å². The van der Waals surface area contributed by atoms with E-state index in [1.807, 2.05) is 0 Å². The first-order valence-corrected chi connectivity index (χ1v) is 8.17. The molecule has 0 aliphatic rings. The molecule has 0 atom stereocenters. The molecule has 3 heteroatoms. The Morgan fingerprint density at radius 3 is 2.43 bits per heavy atom. The average molecular weight is 291 g/mol. The summed E-state index contributed by atoms with van der Waals surface area (Å²) in [6.45, 7) is 16.3. The molecule has 3 nitrogen and oxygen atoms in total. The molecule has 0 bridgehead atoms. The van der Waals surface area contributed by atoms with Crippen molar-refractivity contribution in [1.29, 1.82) is 0 Å². The Morgan fingerprint density at radius 2 is 1.90 bits per heavy atom. The Kier molecular flexibility index (Phi) is 6.66. The second-order valence-corrected chi connectivity index (χ2v) is 7.35. The number of hydrogen-bond donors (Lipinski definition) is 1. The number of anilines is 1. The molecule has 0 saturated heterocycles. The van der Waals surface area contributed by atoms with Crippen LogP contribution in [0.1, 0.15) is 59.2 Å². The third-order valence-electron chi connectivity index (χ3n) is 3.65. The maximum Gasteiger partial charge on any atom is 0.128 e. The third kappa shape index (κ3) is 6.04. The fourth-order valence-corrected chi connectivity index (χ4v) is 2.09. The zero-order valence-corrected chi connectivity index (χ0v) is 15.0. The van der Waals surface area contributed by atoms with E-state index in [-0.39, 0.29) is 5.41 Å². The zero-order valence-electron chi connectivity index (χ0n) is 15.0. The second kappa shape index (κ2) is 7.79. The molecule has 1 aromatic rings. The van der Waals surface area contributed by atoms with E-state index in [4.69, 9.17) is 4.98 Å². The summed E-state index contributed by atoms with van der Waals surface area (Å²) in [6, 6.07) is 4.46. The number of hydrogen-bond acceptors (Lipinski definition) is 3. The molecule has 21 heavy (non-hydrogen) atoms. The van der Waals surface area contributed by atoms with Crippen molar-refractivity contribution in [2.24, 2.45) is 5.92 Å². The predicted molar refractivity (Wildman–Crippen MR) is 93.0 cm³/mol. The highest BCUT2D eigenvalue weighted by atomic mass is 15.2. The Bertz CT molecular complexity index is 433. The van der Waals surface area contributed by atoms with Gasteiger partial charge in [0.1, 0.15) is 5.82 Å². The van der Waals surface area contributed by atoms with E-state index in [0.717, 1.165) is 31.4 Å². The summed E-state index contributed by atoms with van der Waals surface area (Å²) in [5.41, 5.74) is 2.57. The van der Waals surface area contributed by atoms with Crippen molar-refractivity contribution in [3.63, 3.8) is 0 Å². The van der Waals surface area contributed by atoms with E-state index in [1.165, 1.54) is 17.7 Å². The van der Waals surface area contributed by atoms with Gasteiger partial charge in [-0.25, -0.2) is 4.98 Å². The first-order chi connectivity index (χ1) is 9.74. The SMILES string of the molecule is CCNCc1cc(N(C)CCC(C)C)nc(C(C)(C)C)c1. The Labute approximate surface area is 131 Å². The smallest absolute Gasteiger partial charge is 0.128 e. The monoisotopic (exact) mass is 291 g/mol. The van der Waals surface area contributed by atoms with Crippen LogP contribution in [0.4, 0.5) is 5.82 Å². The van der Waals surface area contributed by atoms with E-state index < -0.39 is 0 Å². The van der Waals surface area contributed by atoms with Gasteiger partial charge in [-0.15, -0.1) is 0 Å². The summed E-state index contributed by atoms with van der Waals surface area (Å²) < 4.78 is 0. The van der Waals surface area contributed by atoms with Crippen LogP contribution in [0.5, 0.6) is 0 Å². The van der Waals surface area contributed by atoms with Crippen LogP contribution in [-0.4, -0.2) is 25.1 Å². The third-order valence-corrected chi connectivity index (χ3v) is 3.65. The molecule has 1 aromatic heterocycles. The maximum atomic E-state index is 4.89. The van der Waals surface area contributed by atoms with Gasteiger partial charge < -0.3 is 10.2 Å². The first-order valence-electron chi connectivity index (χ1n) is 8.17. The van der Waals surface area contributed by atoms with E-state index in [0.29, 0.717) is 0 Å². The molecule has 1 rings (SSSR count). The van der Waals surface area contributed by atoms with Gasteiger partial charge >= 0.3 is 0 Å². The van der Waals surface area contributed by atoms with Gasteiger partial charge in [-0.3, -0.25) is 0 Å². The molecular formula is C18H33N3.